The molecule has 0 saturated carbocycles. The first-order chi connectivity index (χ1) is 7.24. The summed E-state index contributed by atoms with van der Waals surface area (Å²) >= 11 is 11.2. The topological polar surface area (TPSA) is 76.7 Å². The monoisotopic (exact) mass is 245 g/mol. The second kappa shape index (κ2) is 4.41. The highest BCUT2D eigenvalue weighted by molar-refractivity contribution is 6.31. The van der Waals surface area contributed by atoms with Gasteiger partial charge in [0.05, 0.1) is 12.7 Å². The summed E-state index contributed by atoms with van der Waals surface area (Å²) in [6, 6.07) is 1.72. The molecule has 1 N–H and O–H groups in total. The van der Waals surface area contributed by atoms with Crippen LogP contribution in [0.2, 0.25) is 10.6 Å². The van der Waals surface area contributed by atoms with Crippen LogP contribution in [-0.2, 0) is 6.54 Å². The molecule has 15 heavy (non-hydrogen) atoms. The summed E-state index contributed by atoms with van der Waals surface area (Å²) in [6.45, 7) is 0.399. The maximum absolute atomic E-state index is 5.59. The Morgan fingerprint density at radius 2 is 1.93 bits per heavy atom. The highest BCUT2D eigenvalue weighted by Gasteiger charge is 2.03. The smallest absolute Gasteiger partial charge is 0.228 e. The van der Waals surface area contributed by atoms with Crippen molar-refractivity contribution in [1.29, 1.82) is 0 Å². The van der Waals surface area contributed by atoms with E-state index < -0.39 is 0 Å². The van der Waals surface area contributed by atoms with E-state index in [-0.39, 0.29) is 16.5 Å². The van der Waals surface area contributed by atoms with Crippen LogP contribution in [-0.4, -0.2) is 20.1 Å². The van der Waals surface area contributed by atoms with Crippen LogP contribution in [0.15, 0.2) is 16.8 Å². The Kier molecular flexibility index (Phi) is 2.98. The molecule has 0 fully saturated rings. The highest BCUT2D eigenvalue weighted by atomic mass is 35.5. The number of rotatable bonds is 3. The third kappa shape index (κ3) is 2.77. The fourth-order valence-electron chi connectivity index (χ4n) is 0.904. The molecule has 8 heteroatoms. The van der Waals surface area contributed by atoms with Crippen LogP contribution in [0.4, 0.5) is 5.95 Å². The van der Waals surface area contributed by atoms with Crippen LogP contribution >= 0.6 is 23.2 Å². The maximum atomic E-state index is 5.59. The van der Waals surface area contributed by atoms with E-state index in [1.54, 1.807) is 12.3 Å². The molecule has 0 radical (unpaired) electrons. The van der Waals surface area contributed by atoms with Crippen molar-refractivity contribution in [2.45, 2.75) is 6.54 Å². The van der Waals surface area contributed by atoms with Gasteiger partial charge in [-0.25, -0.2) is 0 Å². The number of nitrogens with one attached hydrogen (secondary N) is 1. The Bertz CT molecular complexity index is 426. The number of halogens is 2. The van der Waals surface area contributed by atoms with Crippen molar-refractivity contribution in [2.75, 3.05) is 5.32 Å². The van der Waals surface area contributed by atoms with Crippen LogP contribution in [0, 0.1) is 0 Å². The quantitative estimate of drug-likeness (QED) is 0.889. The van der Waals surface area contributed by atoms with Crippen molar-refractivity contribution in [3.05, 3.63) is 28.6 Å². The zero-order valence-electron chi connectivity index (χ0n) is 7.31. The molecule has 2 aromatic heterocycles. The number of aromatic nitrogens is 4. The molecule has 0 bridgehead atoms. The van der Waals surface area contributed by atoms with Gasteiger partial charge >= 0.3 is 0 Å². The Hall–Kier alpha value is -1.40. The van der Waals surface area contributed by atoms with Crippen molar-refractivity contribution >= 4 is 29.2 Å². The van der Waals surface area contributed by atoms with Crippen molar-refractivity contribution in [2.24, 2.45) is 0 Å². The van der Waals surface area contributed by atoms with Crippen LogP contribution in [0.1, 0.15) is 5.76 Å². The normalized spacial score (nSPS) is 10.3. The summed E-state index contributed by atoms with van der Waals surface area (Å²) in [7, 11) is 0. The summed E-state index contributed by atoms with van der Waals surface area (Å²) in [5.41, 5.74) is 0. The number of anilines is 1. The largest absolute Gasteiger partial charge is 0.360 e. The lowest BCUT2D eigenvalue weighted by atomic mass is 10.4. The Morgan fingerprint density at radius 1 is 1.20 bits per heavy atom. The Balaban J connectivity index is 2.05. The fraction of sp³-hybridized carbons (Fsp3) is 0.143. The summed E-state index contributed by atoms with van der Waals surface area (Å²) in [5.74, 6) is 0.944. The van der Waals surface area contributed by atoms with E-state index in [9.17, 15) is 0 Å². The van der Waals surface area contributed by atoms with Gasteiger partial charge < -0.3 is 9.84 Å². The molecule has 2 rings (SSSR count). The molecule has 0 unspecified atom stereocenters. The molecule has 6 nitrogen and oxygen atoms in total. The van der Waals surface area contributed by atoms with Gasteiger partial charge in [-0.2, -0.15) is 15.0 Å². The lowest BCUT2D eigenvalue weighted by molar-refractivity contribution is 0.387. The van der Waals surface area contributed by atoms with Crippen molar-refractivity contribution in [3.63, 3.8) is 0 Å². The highest BCUT2D eigenvalue weighted by Crippen LogP contribution is 2.10. The first kappa shape index (κ1) is 10.1. The zero-order chi connectivity index (χ0) is 10.7. The van der Waals surface area contributed by atoms with E-state index >= 15 is 0 Å². The maximum Gasteiger partial charge on any atom is 0.228 e. The van der Waals surface area contributed by atoms with Gasteiger partial charge in [0, 0.05) is 6.07 Å². The third-order valence-electron chi connectivity index (χ3n) is 1.49. The van der Waals surface area contributed by atoms with Gasteiger partial charge in [0.1, 0.15) is 0 Å². The predicted octanol–water partition coefficient (Wildman–Crippen LogP) is 1.78. The van der Waals surface area contributed by atoms with E-state index in [1.165, 1.54) is 0 Å². The average molecular weight is 246 g/mol. The van der Waals surface area contributed by atoms with E-state index in [0.717, 1.165) is 0 Å². The molecule has 0 saturated heterocycles. The molecule has 2 heterocycles. The van der Waals surface area contributed by atoms with Gasteiger partial charge in [-0.3, -0.25) is 0 Å². The molecule has 0 aliphatic carbocycles. The number of hydrogen-bond acceptors (Lipinski definition) is 6. The second-order valence-electron chi connectivity index (χ2n) is 2.53. The van der Waals surface area contributed by atoms with Gasteiger partial charge in [0.15, 0.2) is 5.76 Å². The van der Waals surface area contributed by atoms with E-state index in [0.29, 0.717) is 12.3 Å². The number of hydrogen-bond donors (Lipinski definition) is 1. The minimum atomic E-state index is 0.0371. The zero-order valence-corrected chi connectivity index (χ0v) is 8.83. The molecular formula is C7H5Cl2N5O. The Morgan fingerprint density at radius 3 is 2.53 bits per heavy atom. The lowest BCUT2D eigenvalue weighted by Gasteiger charge is -2.01. The van der Waals surface area contributed by atoms with Crippen LogP contribution in [0.25, 0.3) is 0 Å². The van der Waals surface area contributed by atoms with Crippen LogP contribution < -0.4 is 5.32 Å². The third-order valence-corrected chi connectivity index (χ3v) is 1.83. The molecule has 0 aromatic carbocycles. The van der Waals surface area contributed by atoms with Gasteiger partial charge in [-0.05, 0) is 23.2 Å². The molecular weight excluding hydrogens is 241 g/mol. The molecule has 0 spiro atoms. The summed E-state index contributed by atoms with van der Waals surface area (Å²) < 4.78 is 4.87. The van der Waals surface area contributed by atoms with Crippen molar-refractivity contribution < 1.29 is 4.52 Å². The second-order valence-corrected chi connectivity index (χ2v) is 3.21. The predicted molar refractivity (Wildman–Crippen MR) is 53.7 cm³/mol. The van der Waals surface area contributed by atoms with Crippen molar-refractivity contribution in [1.82, 2.24) is 20.1 Å². The molecule has 0 aliphatic rings. The number of nitrogens with zero attached hydrogens (tertiary/aromatic N) is 4. The SMILES string of the molecule is Clc1nc(Cl)nc(NCc2ccno2)n1. The van der Waals surface area contributed by atoms with Gasteiger partial charge in [0.2, 0.25) is 16.5 Å². The minimum absolute atomic E-state index is 0.0371. The fourth-order valence-corrected chi connectivity index (χ4v) is 1.27. The van der Waals surface area contributed by atoms with E-state index in [2.05, 4.69) is 25.4 Å². The average Bonchev–Trinajstić information content (AvgIpc) is 2.65. The first-order valence-corrected chi connectivity index (χ1v) is 4.70. The molecule has 78 valence electrons. The minimum Gasteiger partial charge on any atom is -0.360 e. The van der Waals surface area contributed by atoms with Gasteiger partial charge in [-0.1, -0.05) is 5.16 Å². The molecule has 2 aromatic rings. The molecule has 0 amide bonds. The van der Waals surface area contributed by atoms with E-state index in [4.69, 9.17) is 27.7 Å². The summed E-state index contributed by atoms with van der Waals surface area (Å²) in [5, 5.41) is 6.49. The lowest BCUT2D eigenvalue weighted by Crippen LogP contribution is -2.04. The van der Waals surface area contributed by atoms with Crippen LogP contribution in [0.5, 0.6) is 0 Å². The van der Waals surface area contributed by atoms with Gasteiger partial charge in [0.25, 0.3) is 0 Å². The Labute approximate surface area is 94.6 Å². The molecule has 0 atom stereocenters. The first-order valence-electron chi connectivity index (χ1n) is 3.94. The van der Waals surface area contributed by atoms with Crippen molar-refractivity contribution in [3.8, 4) is 0 Å². The van der Waals surface area contributed by atoms with E-state index in [1.807, 2.05) is 0 Å². The molecule has 0 aliphatic heterocycles. The van der Waals surface area contributed by atoms with Gasteiger partial charge in [-0.15, -0.1) is 0 Å². The summed E-state index contributed by atoms with van der Waals surface area (Å²) in [4.78, 5) is 11.3. The summed E-state index contributed by atoms with van der Waals surface area (Å²) in [6.07, 6.45) is 1.55. The standard InChI is InChI=1S/C7H5Cl2N5O/c8-5-12-6(9)14-7(13-5)10-3-4-1-2-11-15-4/h1-2H,3H2,(H,10,12,13,14). The van der Waals surface area contributed by atoms with Crippen LogP contribution in [0.3, 0.4) is 0 Å².